The van der Waals surface area contributed by atoms with Crippen molar-refractivity contribution < 1.29 is 13.6 Å². The lowest BCUT2D eigenvalue weighted by Crippen LogP contribution is -2.21. The van der Waals surface area contributed by atoms with E-state index in [2.05, 4.69) is 10.3 Å². The minimum Gasteiger partial charge on any atom is -0.321 e. The first kappa shape index (κ1) is 14.8. The summed E-state index contributed by atoms with van der Waals surface area (Å²) in [5.74, 6) is -3.45. The van der Waals surface area contributed by atoms with Crippen molar-refractivity contribution in [3.05, 3.63) is 58.3 Å². The summed E-state index contributed by atoms with van der Waals surface area (Å²) in [6.45, 7) is 2.41. The number of aryl methyl sites for hydroxylation is 1. The van der Waals surface area contributed by atoms with Gasteiger partial charge < -0.3 is 9.88 Å². The number of hydrogen-bond acceptors (Lipinski definition) is 3. The summed E-state index contributed by atoms with van der Waals surface area (Å²) in [5.41, 5.74) is -0.323. The van der Waals surface area contributed by atoms with Gasteiger partial charge in [0.15, 0.2) is 5.82 Å². The van der Waals surface area contributed by atoms with Gasteiger partial charge in [0.05, 0.1) is 11.3 Å². The van der Waals surface area contributed by atoms with Gasteiger partial charge in [0.25, 0.3) is 11.5 Å². The van der Waals surface area contributed by atoms with E-state index in [1.165, 1.54) is 22.9 Å². The standard InChI is InChI=1S/C14H13F2N3O2/c1-2-7-19-8-9(3-4-11(19)20)18-14(21)10-5-6-17-13(16)12(10)15/h3-6,8H,2,7H2,1H3,(H,18,21). The quantitative estimate of drug-likeness (QED) is 0.879. The summed E-state index contributed by atoms with van der Waals surface area (Å²) in [5, 5.41) is 2.42. The minimum atomic E-state index is -1.33. The van der Waals surface area contributed by atoms with Gasteiger partial charge in [0, 0.05) is 25.0 Å². The van der Waals surface area contributed by atoms with E-state index in [0.717, 1.165) is 18.7 Å². The Hall–Kier alpha value is -2.57. The predicted octanol–water partition coefficient (Wildman–Crippen LogP) is 2.18. The number of hydrogen-bond donors (Lipinski definition) is 1. The predicted molar refractivity (Wildman–Crippen MR) is 73.1 cm³/mol. The molecule has 0 aliphatic heterocycles. The fourth-order valence-electron chi connectivity index (χ4n) is 1.81. The molecule has 0 bridgehead atoms. The third-order valence-electron chi connectivity index (χ3n) is 2.80. The largest absolute Gasteiger partial charge is 0.321 e. The van der Waals surface area contributed by atoms with Crippen LogP contribution in [0.2, 0.25) is 0 Å². The van der Waals surface area contributed by atoms with Gasteiger partial charge in [-0.1, -0.05) is 6.92 Å². The second-order valence-corrected chi connectivity index (χ2v) is 4.37. The monoisotopic (exact) mass is 293 g/mol. The molecule has 0 aliphatic carbocycles. The van der Waals surface area contributed by atoms with Crippen molar-refractivity contribution in [1.29, 1.82) is 0 Å². The van der Waals surface area contributed by atoms with Crippen LogP contribution in [-0.2, 0) is 6.54 Å². The molecule has 0 atom stereocenters. The van der Waals surface area contributed by atoms with Crippen LogP contribution >= 0.6 is 0 Å². The smallest absolute Gasteiger partial charge is 0.258 e. The number of halogens is 2. The summed E-state index contributed by atoms with van der Waals surface area (Å²) in [6.07, 6.45) is 3.21. The first-order chi connectivity index (χ1) is 10.0. The molecule has 0 spiro atoms. The molecule has 0 saturated carbocycles. The maximum atomic E-state index is 13.5. The van der Waals surface area contributed by atoms with Gasteiger partial charge in [-0.2, -0.15) is 4.39 Å². The zero-order chi connectivity index (χ0) is 15.4. The maximum absolute atomic E-state index is 13.5. The second kappa shape index (κ2) is 6.25. The van der Waals surface area contributed by atoms with Crippen molar-refractivity contribution in [2.24, 2.45) is 0 Å². The molecule has 2 aromatic heterocycles. The van der Waals surface area contributed by atoms with Gasteiger partial charge >= 0.3 is 0 Å². The van der Waals surface area contributed by atoms with E-state index in [4.69, 9.17) is 0 Å². The molecule has 0 saturated heterocycles. The number of nitrogens with zero attached hydrogens (tertiary/aromatic N) is 2. The van der Waals surface area contributed by atoms with Crippen LogP contribution in [0.3, 0.4) is 0 Å². The number of nitrogens with one attached hydrogen (secondary N) is 1. The zero-order valence-electron chi connectivity index (χ0n) is 11.3. The lowest BCUT2D eigenvalue weighted by atomic mass is 10.2. The van der Waals surface area contributed by atoms with Crippen molar-refractivity contribution in [1.82, 2.24) is 9.55 Å². The molecular formula is C14H13F2N3O2. The number of anilines is 1. The number of pyridine rings is 2. The van der Waals surface area contributed by atoms with E-state index in [0.29, 0.717) is 12.2 Å². The van der Waals surface area contributed by atoms with Crippen LogP contribution in [0.4, 0.5) is 14.5 Å². The van der Waals surface area contributed by atoms with Crippen molar-refractivity contribution >= 4 is 11.6 Å². The topological polar surface area (TPSA) is 64.0 Å². The number of carbonyl (C=O) groups is 1. The summed E-state index contributed by atoms with van der Waals surface area (Å²) in [6, 6.07) is 3.78. The summed E-state index contributed by atoms with van der Waals surface area (Å²) in [7, 11) is 0. The number of amides is 1. The average molecular weight is 293 g/mol. The first-order valence-electron chi connectivity index (χ1n) is 6.34. The molecule has 2 aromatic rings. The first-order valence-corrected chi connectivity index (χ1v) is 6.34. The van der Waals surface area contributed by atoms with Crippen molar-refractivity contribution in [2.45, 2.75) is 19.9 Å². The molecule has 0 radical (unpaired) electrons. The Morgan fingerprint density at radius 1 is 1.33 bits per heavy atom. The Labute approximate surface area is 119 Å². The Balaban J connectivity index is 2.25. The Bertz CT molecular complexity index is 728. The molecule has 2 heterocycles. The average Bonchev–Trinajstić information content (AvgIpc) is 2.45. The van der Waals surface area contributed by atoms with E-state index >= 15 is 0 Å². The molecule has 2 rings (SSSR count). The molecular weight excluding hydrogens is 280 g/mol. The van der Waals surface area contributed by atoms with E-state index in [-0.39, 0.29) is 5.56 Å². The fourth-order valence-corrected chi connectivity index (χ4v) is 1.81. The van der Waals surface area contributed by atoms with E-state index < -0.39 is 23.2 Å². The molecule has 0 aromatic carbocycles. The highest BCUT2D eigenvalue weighted by molar-refractivity contribution is 6.04. The number of carbonyl (C=O) groups excluding carboxylic acids is 1. The summed E-state index contributed by atoms with van der Waals surface area (Å²) in [4.78, 5) is 26.6. The Morgan fingerprint density at radius 2 is 2.10 bits per heavy atom. The van der Waals surface area contributed by atoms with Crippen molar-refractivity contribution in [2.75, 3.05) is 5.32 Å². The van der Waals surface area contributed by atoms with Gasteiger partial charge in [-0.25, -0.2) is 9.37 Å². The third-order valence-corrected chi connectivity index (χ3v) is 2.80. The van der Waals surface area contributed by atoms with Gasteiger partial charge in [-0.15, -0.1) is 0 Å². The maximum Gasteiger partial charge on any atom is 0.258 e. The van der Waals surface area contributed by atoms with Gasteiger partial charge in [0.2, 0.25) is 5.95 Å². The highest BCUT2D eigenvalue weighted by Gasteiger charge is 2.16. The van der Waals surface area contributed by atoms with Gasteiger partial charge in [-0.3, -0.25) is 9.59 Å². The molecule has 1 N–H and O–H groups in total. The Kier molecular flexibility index (Phi) is 4.42. The highest BCUT2D eigenvalue weighted by atomic mass is 19.2. The molecule has 110 valence electrons. The van der Waals surface area contributed by atoms with E-state index in [1.54, 1.807) is 0 Å². The van der Waals surface area contributed by atoms with Crippen LogP contribution in [-0.4, -0.2) is 15.5 Å². The lowest BCUT2D eigenvalue weighted by Gasteiger charge is -2.09. The third kappa shape index (κ3) is 3.31. The van der Waals surface area contributed by atoms with Crippen molar-refractivity contribution in [3.63, 3.8) is 0 Å². The molecule has 0 unspecified atom stereocenters. The van der Waals surface area contributed by atoms with Gasteiger partial charge in [-0.05, 0) is 18.6 Å². The zero-order valence-corrected chi connectivity index (χ0v) is 11.3. The van der Waals surface area contributed by atoms with E-state index in [9.17, 15) is 18.4 Å². The molecule has 5 nitrogen and oxygen atoms in total. The molecule has 0 aliphatic rings. The molecule has 7 heteroatoms. The van der Waals surface area contributed by atoms with Crippen LogP contribution in [0, 0.1) is 11.8 Å². The van der Waals surface area contributed by atoms with Crippen LogP contribution in [0.25, 0.3) is 0 Å². The Morgan fingerprint density at radius 3 is 2.81 bits per heavy atom. The van der Waals surface area contributed by atoms with E-state index in [1.807, 2.05) is 6.92 Å². The fraction of sp³-hybridized carbons (Fsp3) is 0.214. The molecule has 0 fully saturated rings. The SMILES string of the molecule is CCCn1cc(NC(=O)c2ccnc(F)c2F)ccc1=O. The van der Waals surface area contributed by atoms with Crippen LogP contribution in [0.15, 0.2) is 35.4 Å². The highest BCUT2D eigenvalue weighted by Crippen LogP contribution is 2.12. The molecule has 21 heavy (non-hydrogen) atoms. The lowest BCUT2D eigenvalue weighted by molar-refractivity contribution is 0.102. The van der Waals surface area contributed by atoms with Crippen molar-refractivity contribution in [3.8, 4) is 0 Å². The second-order valence-electron chi connectivity index (χ2n) is 4.37. The minimum absolute atomic E-state index is 0.198. The van der Waals surface area contributed by atoms with Crippen LogP contribution < -0.4 is 10.9 Å². The number of aromatic nitrogens is 2. The summed E-state index contributed by atoms with van der Waals surface area (Å²) < 4.78 is 27.9. The molecule has 1 amide bonds. The normalized spacial score (nSPS) is 10.4. The van der Waals surface area contributed by atoms with Crippen LogP contribution in [0.1, 0.15) is 23.7 Å². The van der Waals surface area contributed by atoms with Crippen LogP contribution in [0.5, 0.6) is 0 Å². The number of rotatable bonds is 4. The summed E-state index contributed by atoms with van der Waals surface area (Å²) >= 11 is 0. The van der Waals surface area contributed by atoms with Gasteiger partial charge in [0.1, 0.15) is 0 Å².